The van der Waals surface area contributed by atoms with Gasteiger partial charge in [0.15, 0.2) is 0 Å². The maximum Gasteiger partial charge on any atom is 0.335 e. The number of carboxylic acids is 1. The summed E-state index contributed by atoms with van der Waals surface area (Å²) in [6.45, 7) is 0. The van der Waals surface area contributed by atoms with Crippen molar-refractivity contribution in [3.05, 3.63) is 23.2 Å². The Morgan fingerprint density at radius 2 is 2.23 bits per heavy atom. The highest BCUT2D eigenvalue weighted by Gasteiger charge is 2.09. The van der Waals surface area contributed by atoms with Gasteiger partial charge in [-0.25, -0.2) is 9.78 Å². The fourth-order valence-corrected chi connectivity index (χ4v) is 1.81. The third kappa shape index (κ3) is 1.23. The molecule has 0 aliphatic rings. The lowest BCUT2D eigenvalue weighted by Crippen LogP contribution is -1.94. The Morgan fingerprint density at radius 1 is 1.46 bits per heavy atom. The molecule has 4 nitrogen and oxygen atoms in total. The molecule has 1 aromatic heterocycles. The van der Waals surface area contributed by atoms with Crippen LogP contribution in [-0.4, -0.2) is 21.2 Å². The molecule has 0 spiro atoms. The van der Waals surface area contributed by atoms with E-state index in [0.717, 1.165) is 0 Å². The number of rotatable bonds is 1. The van der Waals surface area contributed by atoms with Crippen molar-refractivity contribution in [2.45, 2.75) is 0 Å². The van der Waals surface area contributed by atoms with Crippen LogP contribution in [0.15, 0.2) is 17.6 Å². The first-order valence-electron chi connectivity index (χ1n) is 3.48. The van der Waals surface area contributed by atoms with Gasteiger partial charge < -0.3 is 10.2 Å². The summed E-state index contributed by atoms with van der Waals surface area (Å²) in [6, 6.07) is 2.69. The number of nitrogens with zero attached hydrogens (tertiary/aromatic N) is 1. The molecule has 2 rings (SSSR count). The van der Waals surface area contributed by atoms with Crippen LogP contribution in [-0.2, 0) is 0 Å². The summed E-state index contributed by atoms with van der Waals surface area (Å²) in [5.74, 6) is -1.14. The van der Waals surface area contributed by atoms with E-state index in [4.69, 9.17) is 5.11 Å². The number of thiazole rings is 1. The Morgan fingerprint density at radius 3 is 2.92 bits per heavy atom. The van der Waals surface area contributed by atoms with E-state index >= 15 is 0 Å². The molecule has 1 heterocycles. The molecule has 0 saturated heterocycles. The maximum absolute atomic E-state index is 10.6. The van der Waals surface area contributed by atoms with Crippen LogP contribution >= 0.6 is 11.3 Å². The average Bonchev–Trinajstić information content (AvgIpc) is 2.51. The van der Waals surface area contributed by atoms with Crippen LogP contribution in [0.4, 0.5) is 0 Å². The molecule has 0 aliphatic carbocycles. The minimum Gasteiger partial charge on any atom is -0.506 e. The van der Waals surface area contributed by atoms with Gasteiger partial charge in [0.1, 0.15) is 11.3 Å². The van der Waals surface area contributed by atoms with E-state index < -0.39 is 5.97 Å². The molecule has 0 fully saturated rings. The quantitative estimate of drug-likeness (QED) is 0.726. The molecule has 0 atom stereocenters. The first-order valence-corrected chi connectivity index (χ1v) is 4.36. The number of phenolic OH excluding ortho intramolecular Hbond substituents is 1. The largest absolute Gasteiger partial charge is 0.506 e. The Labute approximate surface area is 77.1 Å². The van der Waals surface area contributed by atoms with Gasteiger partial charge >= 0.3 is 5.97 Å². The summed E-state index contributed by atoms with van der Waals surface area (Å²) in [6.07, 6.45) is 0. The number of aromatic hydroxyl groups is 1. The van der Waals surface area contributed by atoms with Crippen LogP contribution in [0.1, 0.15) is 10.4 Å². The van der Waals surface area contributed by atoms with E-state index in [0.29, 0.717) is 10.2 Å². The number of aromatic carboxylic acids is 1. The van der Waals surface area contributed by atoms with Crippen molar-refractivity contribution in [2.24, 2.45) is 0 Å². The summed E-state index contributed by atoms with van der Waals surface area (Å²) < 4.78 is 0.678. The van der Waals surface area contributed by atoms with Gasteiger partial charge in [-0.15, -0.1) is 11.3 Å². The number of benzene rings is 1. The fraction of sp³-hybridized carbons (Fsp3) is 0. The molecule has 66 valence electrons. The molecule has 1 aromatic carbocycles. The summed E-state index contributed by atoms with van der Waals surface area (Å²) in [4.78, 5) is 14.5. The Bertz CT molecular complexity index is 477. The maximum atomic E-state index is 10.6. The molecule has 5 heteroatoms. The number of carboxylic acid groups (broad SMARTS) is 1. The van der Waals surface area contributed by atoms with Crippen molar-refractivity contribution in [2.75, 3.05) is 0 Å². The molecule has 13 heavy (non-hydrogen) atoms. The first kappa shape index (κ1) is 8.00. The molecule has 0 aliphatic heterocycles. The zero-order valence-electron chi connectivity index (χ0n) is 6.39. The zero-order chi connectivity index (χ0) is 9.42. The van der Waals surface area contributed by atoms with Crippen LogP contribution in [0.2, 0.25) is 0 Å². The minimum atomic E-state index is -1.05. The molecule has 0 amide bonds. The second-order valence-electron chi connectivity index (χ2n) is 2.50. The minimum absolute atomic E-state index is 0.0780. The number of phenols is 1. The predicted octanol–water partition coefficient (Wildman–Crippen LogP) is 1.70. The zero-order valence-corrected chi connectivity index (χ0v) is 7.21. The van der Waals surface area contributed by atoms with Gasteiger partial charge in [-0.05, 0) is 12.1 Å². The SMILES string of the molecule is O=C(O)c1cc(O)c2ncsc2c1. The second-order valence-corrected chi connectivity index (χ2v) is 3.39. The van der Waals surface area contributed by atoms with E-state index in [9.17, 15) is 9.90 Å². The van der Waals surface area contributed by atoms with Gasteiger partial charge in [0.25, 0.3) is 0 Å². The predicted molar refractivity (Wildman–Crippen MR) is 48.2 cm³/mol. The second kappa shape index (κ2) is 2.70. The Hall–Kier alpha value is -1.62. The van der Waals surface area contributed by atoms with E-state index in [1.165, 1.54) is 23.5 Å². The summed E-state index contributed by atoms with van der Waals surface area (Å²) in [5, 5.41) is 18.0. The Kier molecular flexibility index (Phi) is 1.66. The molecule has 0 saturated carbocycles. The van der Waals surface area contributed by atoms with Crippen LogP contribution in [0.3, 0.4) is 0 Å². The van der Waals surface area contributed by atoms with Crippen LogP contribution in [0, 0.1) is 0 Å². The number of hydrogen-bond acceptors (Lipinski definition) is 4. The van der Waals surface area contributed by atoms with Crippen molar-refractivity contribution < 1.29 is 15.0 Å². The van der Waals surface area contributed by atoms with Crippen LogP contribution in [0.25, 0.3) is 10.2 Å². The third-order valence-corrected chi connectivity index (χ3v) is 2.44. The smallest absolute Gasteiger partial charge is 0.335 e. The highest BCUT2D eigenvalue weighted by Crippen LogP contribution is 2.27. The number of hydrogen-bond donors (Lipinski definition) is 2. The molecule has 0 radical (unpaired) electrons. The van der Waals surface area contributed by atoms with Gasteiger partial charge in [0.2, 0.25) is 0 Å². The molecular weight excluding hydrogens is 190 g/mol. The van der Waals surface area contributed by atoms with Crippen molar-refractivity contribution in [3.8, 4) is 5.75 Å². The van der Waals surface area contributed by atoms with Gasteiger partial charge in [-0.3, -0.25) is 0 Å². The fourth-order valence-electron chi connectivity index (χ4n) is 1.07. The lowest BCUT2D eigenvalue weighted by molar-refractivity contribution is 0.0696. The van der Waals surface area contributed by atoms with E-state index in [2.05, 4.69) is 4.98 Å². The van der Waals surface area contributed by atoms with Crippen molar-refractivity contribution >= 4 is 27.5 Å². The molecular formula is C8H5NO3S. The number of aromatic nitrogens is 1. The Balaban J connectivity index is 2.77. The average molecular weight is 195 g/mol. The van der Waals surface area contributed by atoms with Crippen LogP contribution in [0.5, 0.6) is 5.75 Å². The van der Waals surface area contributed by atoms with Crippen molar-refractivity contribution in [1.82, 2.24) is 4.98 Å². The number of carbonyl (C=O) groups is 1. The van der Waals surface area contributed by atoms with E-state index in [-0.39, 0.29) is 11.3 Å². The van der Waals surface area contributed by atoms with E-state index in [1.54, 1.807) is 5.51 Å². The normalized spacial score (nSPS) is 10.5. The van der Waals surface area contributed by atoms with Gasteiger partial charge in [-0.1, -0.05) is 0 Å². The summed E-state index contributed by atoms with van der Waals surface area (Å²) in [5.41, 5.74) is 2.10. The monoisotopic (exact) mass is 195 g/mol. The van der Waals surface area contributed by atoms with Gasteiger partial charge in [-0.2, -0.15) is 0 Å². The van der Waals surface area contributed by atoms with Gasteiger partial charge in [0, 0.05) is 0 Å². The summed E-state index contributed by atoms with van der Waals surface area (Å²) in [7, 11) is 0. The lowest BCUT2D eigenvalue weighted by Gasteiger charge is -1.96. The van der Waals surface area contributed by atoms with Crippen LogP contribution < -0.4 is 0 Å². The topological polar surface area (TPSA) is 70.4 Å². The molecule has 2 N–H and O–H groups in total. The molecule has 0 bridgehead atoms. The number of fused-ring (bicyclic) bond motifs is 1. The highest BCUT2D eigenvalue weighted by atomic mass is 32.1. The van der Waals surface area contributed by atoms with Gasteiger partial charge in [0.05, 0.1) is 15.8 Å². The van der Waals surface area contributed by atoms with E-state index in [1.807, 2.05) is 0 Å². The van der Waals surface area contributed by atoms with Crippen molar-refractivity contribution in [3.63, 3.8) is 0 Å². The van der Waals surface area contributed by atoms with Crippen molar-refractivity contribution in [1.29, 1.82) is 0 Å². The molecule has 2 aromatic rings. The molecule has 0 unspecified atom stereocenters. The first-order chi connectivity index (χ1) is 6.18. The standard InChI is InChI=1S/C8H5NO3S/c10-5-1-4(8(11)12)2-6-7(5)9-3-13-6/h1-3,10H,(H,11,12). The lowest BCUT2D eigenvalue weighted by atomic mass is 10.2. The summed E-state index contributed by atoms with van der Waals surface area (Å²) >= 11 is 1.30. The highest BCUT2D eigenvalue weighted by molar-refractivity contribution is 7.16. The third-order valence-electron chi connectivity index (χ3n) is 1.66.